The third-order valence-electron chi connectivity index (χ3n) is 2.86. The second-order valence-corrected chi connectivity index (χ2v) is 5.87. The molecule has 2 heterocycles. The number of aromatic nitrogens is 2. The lowest BCUT2D eigenvalue weighted by atomic mass is 10.1. The molecule has 0 aliphatic heterocycles. The summed E-state index contributed by atoms with van der Waals surface area (Å²) in [5.74, 6) is 0. The molecular weight excluding hydrogens is 343 g/mol. The summed E-state index contributed by atoms with van der Waals surface area (Å²) in [6, 6.07) is 14.1. The van der Waals surface area contributed by atoms with Gasteiger partial charge < -0.3 is 0 Å². The van der Waals surface area contributed by atoms with Gasteiger partial charge in [0.25, 0.3) is 0 Å². The van der Waals surface area contributed by atoms with Crippen LogP contribution in [-0.2, 0) is 0 Å². The van der Waals surface area contributed by atoms with Gasteiger partial charge in [0.05, 0.1) is 5.02 Å². The van der Waals surface area contributed by atoms with E-state index >= 15 is 0 Å². The molecule has 0 spiro atoms. The molecule has 1 aromatic carbocycles. The van der Waals surface area contributed by atoms with Crippen molar-refractivity contribution >= 4 is 17.2 Å². The molecule has 0 unspecified atom stereocenters. The average Bonchev–Trinajstić information content (AvgIpc) is 2.45. The number of rotatable bonds is 1. The molecule has 3 aromatic rings. The van der Waals surface area contributed by atoms with Gasteiger partial charge in [-0.25, -0.2) is 23.0 Å². The molecular formula is C15H12Cl2N2O4. The smallest absolute Gasteiger partial charge is 0.222 e. The Morgan fingerprint density at radius 2 is 1.74 bits per heavy atom. The van der Waals surface area contributed by atoms with Gasteiger partial charge in [0.2, 0.25) is 0 Å². The molecule has 23 heavy (non-hydrogen) atoms. The Morgan fingerprint density at radius 1 is 1.04 bits per heavy atom. The van der Waals surface area contributed by atoms with Crippen molar-refractivity contribution in [2.75, 3.05) is 0 Å². The molecule has 0 N–H and O–H groups in total. The van der Waals surface area contributed by atoms with Crippen molar-refractivity contribution in [2.24, 2.45) is 0 Å². The van der Waals surface area contributed by atoms with Crippen LogP contribution in [0.5, 0.6) is 0 Å². The molecule has 6 nitrogen and oxygen atoms in total. The Hall–Kier alpha value is -1.80. The first kappa shape index (κ1) is 17.6. The number of fused-ring (bicyclic) bond motifs is 1. The van der Waals surface area contributed by atoms with Crippen LogP contribution in [-0.4, -0.2) is 4.98 Å². The number of aryl methyl sites for hydroxylation is 1. The SMILES string of the molecule is Cc1cccc(-c2cc[n+]3cc(Cl)ccc3n2)c1.[O-][Cl+3]([O-])([O-])[O-]. The number of benzene rings is 1. The van der Waals surface area contributed by atoms with Crippen molar-refractivity contribution in [2.45, 2.75) is 6.92 Å². The minimum absolute atomic E-state index is 0.706. The van der Waals surface area contributed by atoms with E-state index in [2.05, 4.69) is 30.1 Å². The van der Waals surface area contributed by atoms with Crippen molar-refractivity contribution < 1.29 is 33.3 Å². The largest absolute Gasteiger partial charge is 0.328 e. The summed E-state index contributed by atoms with van der Waals surface area (Å²) in [4.78, 5) is 4.63. The maximum atomic E-state index is 8.49. The Kier molecular flexibility index (Phi) is 5.48. The highest BCUT2D eigenvalue weighted by Gasteiger charge is 2.09. The van der Waals surface area contributed by atoms with E-state index in [9.17, 15) is 0 Å². The van der Waals surface area contributed by atoms with E-state index in [0.717, 1.165) is 16.9 Å². The molecule has 0 aliphatic rings. The van der Waals surface area contributed by atoms with Gasteiger partial charge in [-0.05, 0) is 24.0 Å². The summed E-state index contributed by atoms with van der Waals surface area (Å²) in [6.07, 6.45) is 3.83. The van der Waals surface area contributed by atoms with Gasteiger partial charge in [-0.2, -0.15) is 0 Å². The highest BCUT2D eigenvalue weighted by Crippen LogP contribution is 2.17. The minimum atomic E-state index is -4.94. The van der Waals surface area contributed by atoms with Crippen LogP contribution in [0, 0.1) is 17.2 Å². The van der Waals surface area contributed by atoms with Gasteiger partial charge in [0.1, 0.15) is 12.4 Å². The molecule has 0 radical (unpaired) electrons. The van der Waals surface area contributed by atoms with Crippen LogP contribution in [0.2, 0.25) is 5.02 Å². The lowest BCUT2D eigenvalue weighted by Gasteiger charge is -2.17. The quantitative estimate of drug-likeness (QED) is 0.504. The Bertz CT molecular complexity index is 816. The average molecular weight is 355 g/mol. The molecule has 0 saturated heterocycles. The fourth-order valence-electron chi connectivity index (χ4n) is 1.97. The zero-order chi connectivity index (χ0) is 17.0. The van der Waals surface area contributed by atoms with E-state index in [1.165, 1.54) is 5.56 Å². The van der Waals surface area contributed by atoms with Crippen LogP contribution < -0.4 is 23.0 Å². The number of halogens is 2. The van der Waals surface area contributed by atoms with Gasteiger partial charge in [-0.1, -0.05) is 35.4 Å². The first-order valence-electron chi connectivity index (χ1n) is 6.39. The summed E-state index contributed by atoms with van der Waals surface area (Å²) in [5.41, 5.74) is 4.23. The van der Waals surface area contributed by atoms with Gasteiger partial charge in [-0.15, -0.1) is 10.2 Å². The number of hydrogen-bond acceptors (Lipinski definition) is 5. The number of nitrogens with zero attached hydrogens (tertiary/aromatic N) is 2. The van der Waals surface area contributed by atoms with E-state index in [1.807, 2.05) is 41.1 Å². The highest BCUT2D eigenvalue weighted by molar-refractivity contribution is 6.30. The van der Waals surface area contributed by atoms with E-state index < -0.39 is 10.2 Å². The number of hydrogen-bond donors (Lipinski definition) is 0. The maximum absolute atomic E-state index is 8.49. The van der Waals surface area contributed by atoms with Crippen molar-refractivity contribution in [3.05, 3.63) is 65.4 Å². The van der Waals surface area contributed by atoms with Crippen LogP contribution in [0.1, 0.15) is 5.56 Å². The van der Waals surface area contributed by atoms with Crippen LogP contribution in [0.15, 0.2) is 54.9 Å². The first-order valence-corrected chi connectivity index (χ1v) is 8.00. The van der Waals surface area contributed by atoms with E-state index in [1.54, 1.807) is 0 Å². The first-order chi connectivity index (χ1) is 10.7. The Labute approximate surface area is 139 Å². The lowest BCUT2D eigenvalue weighted by Crippen LogP contribution is -2.68. The molecule has 0 fully saturated rings. The molecule has 2 aromatic heterocycles. The third-order valence-corrected chi connectivity index (χ3v) is 3.08. The molecule has 3 rings (SSSR count). The van der Waals surface area contributed by atoms with Crippen molar-refractivity contribution in [3.63, 3.8) is 0 Å². The van der Waals surface area contributed by atoms with Crippen molar-refractivity contribution in [1.82, 2.24) is 4.98 Å². The van der Waals surface area contributed by atoms with Crippen LogP contribution in [0.3, 0.4) is 0 Å². The normalized spacial score (nSPS) is 11.0. The Morgan fingerprint density at radius 3 is 2.39 bits per heavy atom. The zero-order valence-electron chi connectivity index (χ0n) is 12.0. The summed E-state index contributed by atoms with van der Waals surface area (Å²) in [5, 5.41) is 0.706. The molecule has 0 amide bonds. The molecule has 0 aliphatic carbocycles. The maximum Gasteiger partial charge on any atom is 0.328 e. The van der Waals surface area contributed by atoms with Crippen molar-refractivity contribution in [3.8, 4) is 11.3 Å². The highest BCUT2D eigenvalue weighted by atomic mass is 35.7. The predicted octanol–water partition coefficient (Wildman–Crippen LogP) is -1.31. The summed E-state index contributed by atoms with van der Waals surface area (Å²) in [7, 11) is -4.94. The van der Waals surface area contributed by atoms with E-state index in [4.69, 9.17) is 30.2 Å². The molecule has 0 saturated carbocycles. The summed E-state index contributed by atoms with van der Waals surface area (Å²) in [6.45, 7) is 2.08. The monoisotopic (exact) mass is 354 g/mol. The molecule has 120 valence electrons. The summed E-state index contributed by atoms with van der Waals surface area (Å²) < 4.78 is 35.9. The topological polar surface area (TPSA) is 109 Å². The standard InChI is InChI=1S/C15H12ClN2.ClHO4/c1-11-3-2-4-12(9-11)14-7-8-18-10-13(16)5-6-15(18)17-14;2-1(3,4)5/h2-10H,1H3;(H,2,3,4,5)/q+1;/p-1. The van der Waals surface area contributed by atoms with Gasteiger partial charge in [0.15, 0.2) is 5.69 Å². The molecule has 0 atom stereocenters. The predicted molar refractivity (Wildman–Crippen MR) is 72.6 cm³/mol. The number of pyridine rings is 1. The second-order valence-electron chi connectivity index (χ2n) is 4.67. The second kappa shape index (κ2) is 7.18. The van der Waals surface area contributed by atoms with Gasteiger partial charge >= 0.3 is 5.65 Å². The fourth-order valence-corrected chi connectivity index (χ4v) is 2.14. The minimum Gasteiger partial charge on any atom is -0.222 e. The van der Waals surface area contributed by atoms with Gasteiger partial charge in [0, 0.05) is 17.7 Å². The lowest BCUT2D eigenvalue weighted by molar-refractivity contribution is -2.00. The summed E-state index contributed by atoms with van der Waals surface area (Å²) >= 11 is 5.95. The molecule has 0 bridgehead atoms. The third kappa shape index (κ3) is 5.72. The van der Waals surface area contributed by atoms with Crippen molar-refractivity contribution in [1.29, 1.82) is 0 Å². The van der Waals surface area contributed by atoms with Crippen LogP contribution in [0.4, 0.5) is 0 Å². The van der Waals surface area contributed by atoms with Crippen LogP contribution >= 0.6 is 11.6 Å². The van der Waals surface area contributed by atoms with Crippen LogP contribution in [0.25, 0.3) is 16.9 Å². The van der Waals surface area contributed by atoms with E-state index in [0.29, 0.717) is 5.02 Å². The zero-order valence-corrected chi connectivity index (χ0v) is 13.5. The molecule has 8 heteroatoms. The van der Waals surface area contributed by atoms with Gasteiger partial charge in [-0.3, -0.25) is 0 Å². The fraction of sp³-hybridized carbons (Fsp3) is 0.0667. The van der Waals surface area contributed by atoms with E-state index in [-0.39, 0.29) is 0 Å². The Balaban J connectivity index is 0.000000338.